The van der Waals surface area contributed by atoms with Crippen LogP contribution in [0, 0.1) is 11.8 Å². The minimum atomic E-state index is -2.69. The second-order valence-electron chi connectivity index (χ2n) is 7.55. The van der Waals surface area contributed by atoms with Gasteiger partial charge in [0.05, 0.1) is 11.6 Å². The van der Waals surface area contributed by atoms with Crippen LogP contribution >= 0.6 is 9.24 Å². The van der Waals surface area contributed by atoms with Crippen molar-refractivity contribution in [2.75, 3.05) is 0 Å². The second-order valence-corrected chi connectivity index (χ2v) is 8.27. The first-order valence-corrected chi connectivity index (χ1v) is 9.51. The monoisotopic (exact) mass is 418 g/mol. The predicted octanol–water partition coefficient (Wildman–Crippen LogP) is -0.265. The number of carbonyl (C=O) groups excluding carboxylic acids is 3. The highest BCUT2D eigenvalue weighted by Gasteiger charge is 2.63. The summed E-state index contributed by atoms with van der Waals surface area (Å²) in [5.41, 5.74) is 7.43. The van der Waals surface area contributed by atoms with Crippen LogP contribution in [-0.4, -0.2) is 49.5 Å². The van der Waals surface area contributed by atoms with Crippen LogP contribution in [0.3, 0.4) is 0 Å². The van der Waals surface area contributed by atoms with E-state index < -0.39 is 63.7 Å². The highest BCUT2D eigenvalue weighted by Crippen LogP contribution is 2.56. The molecule has 0 radical (unpaired) electrons. The van der Waals surface area contributed by atoms with Gasteiger partial charge >= 0.3 is 0 Å². The van der Waals surface area contributed by atoms with Gasteiger partial charge in [0.1, 0.15) is 22.8 Å². The van der Waals surface area contributed by atoms with E-state index in [1.807, 2.05) is 0 Å². The molecule has 152 valence electrons. The molecule has 29 heavy (non-hydrogen) atoms. The number of nitrogens with two attached hydrogens (primary N) is 2. The Morgan fingerprint density at radius 3 is 2.48 bits per heavy atom. The summed E-state index contributed by atoms with van der Waals surface area (Å²) in [6, 6.07) is 3.16. The zero-order chi connectivity index (χ0) is 21.4. The molecule has 1 aromatic carbocycles. The lowest BCUT2D eigenvalue weighted by Crippen LogP contribution is -2.65. The zero-order valence-corrected chi connectivity index (χ0v) is 16.1. The summed E-state index contributed by atoms with van der Waals surface area (Å²) in [6.45, 7) is 0. The van der Waals surface area contributed by atoms with Gasteiger partial charge in [-0.1, -0.05) is 12.1 Å². The Morgan fingerprint density at radius 2 is 1.86 bits per heavy atom. The van der Waals surface area contributed by atoms with E-state index in [0.717, 1.165) is 0 Å². The maximum absolute atomic E-state index is 13.4. The molecule has 0 heterocycles. The SMILES string of the molecule is NC(=O)C1=C(O)[C@@]2(O)C(=O)C3=C(O)c4c(O)cccc4[C@H](P)[C@H]3C[C@H]2[C@H](N)C1=O. The Labute approximate surface area is 166 Å². The highest BCUT2D eigenvalue weighted by molar-refractivity contribution is 7.17. The average Bonchev–Trinajstić information content (AvgIpc) is 2.66. The number of rotatable bonds is 1. The summed E-state index contributed by atoms with van der Waals surface area (Å²) in [5, 5.41) is 42.7. The maximum atomic E-state index is 13.4. The van der Waals surface area contributed by atoms with Crippen molar-refractivity contribution >= 4 is 32.5 Å². The Bertz CT molecular complexity index is 1060. The van der Waals surface area contributed by atoms with Crippen LogP contribution in [-0.2, 0) is 14.4 Å². The molecule has 0 aliphatic heterocycles. The number of hydrogen-bond acceptors (Lipinski definition) is 8. The average molecular weight is 418 g/mol. The van der Waals surface area contributed by atoms with E-state index in [1.165, 1.54) is 6.07 Å². The minimum absolute atomic E-state index is 0.0338. The summed E-state index contributed by atoms with van der Waals surface area (Å²) >= 11 is 0. The normalized spacial score (nSPS) is 33.9. The number of ketones is 2. The Balaban J connectivity index is 2.00. The number of hydrogen-bond donors (Lipinski definition) is 6. The summed E-state index contributed by atoms with van der Waals surface area (Å²) in [6.07, 6.45) is -0.0338. The number of phenolic OH excluding ortho intramolecular Hbond substituents is 1. The molecule has 6 atom stereocenters. The largest absolute Gasteiger partial charge is 0.508 e. The van der Waals surface area contributed by atoms with Gasteiger partial charge in [-0.05, 0) is 18.1 Å². The van der Waals surface area contributed by atoms with Crippen molar-refractivity contribution in [3.05, 3.63) is 46.2 Å². The molecule has 4 rings (SSSR count). The quantitative estimate of drug-likeness (QED) is 0.266. The van der Waals surface area contributed by atoms with Gasteiger partial charge in [0.15, 0.2) is 11.4 Å². The summed E-state index contributed by atoms with van der Waals surface area (Å²) in [7, 11) is 2.54. The van der Waals surface area contributed by atoms with Gasteiger partial charge in [0.2, 0.25) is 5.78 Å². The molecule has 0 saturated heterocycles. The molecule has 0 spiro atoms. The first-order chi connectivity index (χ1) is 13.5. The molecule has 1 saturated carbocycles. The molecule has 3 aliphatic rings. The van der Waals surface area contributed by atoms with E-state index >= 15 is 0 Å². The number of aliphatic hydroxyl groups is 3. The Morgan fingerprint density at radius 1 is 1.21 bits per heavy atom. The summed E-state index contributed by atoms with van der Waals surface area (Å²) in [5.74, 6) is -7.19. The van der Waals surface area contributed by atoms with Gasteiger partial charge in [0, 0.05) is 23.1 Å². The van der Waals surface area contributed by atoms with Crippen molar-refractivity contribution in [3.63, 3.8) is 0 Å². The first-order valence-electron chi connectivity index (χ1n) is 8.84. The maximum Gasteiger partial charge on any atom is 0.255 e. The van der Waals surface area contributed by atoms with E-state index in [-0.39, 0.29) is 23.3 Å². The molecule has 0 aromatic heterocycles. The predicted molar refractivity (Wildman–Crippen MR) is 103 cm³/mol. The fourth-order valence-electron chi connectivity index (χ4n) is 4.74. The molecule has 1 unspecified atom stereocenters. The van der Waals surface area contributed by atoms with E-state index in [9.17, 15) is 34.8 Å². The van der Waals surface area contributed by atoms with Gasteiger partial charge < -0.3 is 31.9 Å². The molecular formula is C19H19N2O7P. The number of primary amides is 1. The summed E-state index contributed by atoms with van der Waals surface area (Å²) < 4.78 is 0. The third-order valence-electron chi connectivity index (χ3n) is 6.19. The first kappa shape index (κ1) is 19.6. The van der Waals surface area contributed by atoms with E-state index in [4.69, 9.17) is 11.5 Å². The molecular weight excluding hydrogens is 399 g/mol. The van der Waals surface area contributed by atoms with Crippen LogP contribution in [0.4, 0.5) is 0 Å². The van der Waals surface area contributed by atoms with Crippen LogP contribution in [0.15, 0.2) is 35.1 Å². The van der Waals surface area contributed by atoms with Gasteiger partial charge in [-0.2, -0.15) is 0 Å². The number of phenols is 1. The van der Waals surface area contributed by atoms with E-state index in [1.54, 1.807) is 12.1 Å². The highest BCUT2D eigenvalue weighted by atomic mass is 31.0. The van der Waals surface area contributed by atoms with E-state index in [2.05, 4.69) is 9.24 Å². The standard InChI is InChI=1S/C19H19N2O7P/c20-12-7-4-6-10(13(23)9-5(15(6)29)2-1-3-8(9)22)16(25)19(7,28)17(26)11(14(12)24)18(21)27/h1-3,6-7,12,15,22-23,26,28H,4,20,29H2,(H2,21,27)/t6-,7-,12-,15-,19-/m0/s1. The van der Waals surface area contributed by atoms with Crippen molar-refractivity contribution in [1.29, 1.82) is 0 Å². The fraction of sp³-hybridized carbons (Fsp3) is 0.316. The number of amides is 1. The van der Waals surface area contributed by atoms with Crippen LogP contribution < -0.4 is 11.5 Å². The van der Waals surface area contributed by atoms with Crippen molar-refractivity contribution in [2.24, 2.45) is 23.3 Å². The van der Waals surface area contributed by atoms with Crippen molar-refractivity contribution in [1.82, 2.24) is 0 Å². The number of Topliss-reactive ketones (excluding diaryl/α,β-unsaturated/α-hetero) is 2. The fourth-order valence-corrected chi connectivity index (χ4v) is 5.37. The third-order valence-corrected chi connectivity index (χ3v) is 7.02. The van der Waals surface area contributed by atoms with Crippen molar-refractivity contribution < 1.29 is 34.8 Å². The minimum Gasteiger partial charge on any atom is -0.508 e. The summed E-state index contributed by atoms with van der Waals surface area (Å²) in [4.78, 5) is 37.5. The number of aliphatic hydroxyl groups excluding tert-OH is 2. The zero-order valence-electron chi connectivity index (χ0n) is 15.0. The topological polar surface area (TPSA) is 184 Å². The van der Waals surface area contributed by atoms with Gasteiger partial charge in [-0.25, -0.2) is 0 Å². The van der Waals surface area contributed by atoms with Crippen LogP contribution in [0.2, 0.25) is 0 Å². The number of carbonyl (C=O) groups is 3. The van der Waals surface area contributed by atoms with Gasteiger partial charge in [0.25, 0.3) is 5.91 Å². The molecule has 9 nitrogen and oxygen atoms in total. The lowest BCUT2D eigenvalue weighted by atomic mass is 9.57. The molecule has 8 N–H and O–H groups in total. The van der Waals surface area contributed by atoms with Crippen LogP contribution in [0.1, 0.15) is 23.2 Å². The Hall–Kier alpha value is -2.74. The molecule has 3 aliphatic carbocycles. The van der Waals surface area contributed by atoms with Crippen molar-refractivity contribution in [2.45, 2.75) is 23.7 Å². The van der Waals surface area contributed by atoms with Gasteiger partial charge in [-0.15, -0.1) is 9.24 Å². The second kappa shape index (κ2) is 6.13. The van der Waals surface area contributed by atoms with Crippen LogP contribution in [0.5, 0.6) is 5.75 Å². The molecule has 10 heteroatoms. The van der Waals surface area contributed by atoms with E-state index in [0.29, 0.717) is 5.56 Å². The molecule has 1 amide bonds. The number of benzene rings is 1. The third kappa shape index (κ3) is 2.29. The molecule has 0 bridgehead atoms. The van der Waals surface area contributed by atoms with Crippen molar-refractivity contribution in [3.8, 4) is 5.75 Å². The van der Waals surface area contributed by atoms with Gasteiger partial charge in [-0.3, -0.25) is 14.4 Å². The molecule has 1 fully saturated rings. The Kier molecular flexibility index (Phi) is 4.13. The lowest BCUT2D eigenvalue weighted by Gasteiger charge is -2.49. The number of aromatic hydroxyl groups is 1. The lowest BCUT2D eigenvalue weighted by molar-refractivity contribution is -0.149. The van der Waals surface area contributed by atoms with Crippen LogP contribution in [0.25, 0.3) is 5.76 Å². The number of fused-ring (bicyclic) bond motifs is 3. The smallest absolute Gasteiger partial charge is 0.255 e. The molecule has 1 aromatic rings.